The molecule has 1 aromatic rings. The van der Waals surface area contributed by atoms with Gasteiger partial charge in [-0.15, -0.1) is 4.52 Å². The van der Waals surface area contributed by atoms with Crippen LogP contribution in [-0.4, -0.2) is 11.0 Å². The summed E-state index contributed by atoms with van der Waals surface area (Å²) < 4.78 is 17.0. The highest BCUT2D eigenvalue weighted by Crippen LogP contribution is 2.28. The summed E-state index contributed by atoms with van der Waals surface area (Å²) in [4.78, 5) is 0. The lowest BCUT2D eigenvalue weighted by atomic mass is 10.2. The van der Waals surface area contributed by atoms with Crippen molar-refractivity contribution in [3.8, 4) is 0 Å². The third kappa shape index (κ3) is 3.84. The van der Waals surface area contributed by atoms with Crippen molar-refractivity contribution in [3.63, 3.8) is 0 Å². The summed E-state index contributed by atoms with van der Waals surface area (Å²) in [5, 5.41) is 8.94. The van der Waals surface area contributed by atoms with Gasteiger partial charge in [0.05, 0.1) is 0 Å². The minimum Gasteiger partial charge on any atom is -0.349 e. The predicted octanol–water partition coefficient (Wildman–Crippen LogP) is 3.05. The highest BCUT2D eigenvalue weighted by atomic mass is 79.9. The van der Waals surface area contributed by atoms with E-state index in [9.17, 15) is 4.57 Å². The molecule has 1 rings (SSSR count). The van der Waals surface area contributed by atoms with E-state index in [-0.39, 0.29) is 6.61 Å². The molecule has 76 valence electrons. The molecule has 0 aliphatic heterocycles. The average Bonchev–Trinajstić information content (AvgIpc) is 2.14. The Morgan fingerprint density at radius 2 is 2.36 bits per heavy atom. The van der Waals surface area contributed by atoms with Gasteiger partial charge in [-0.2, -0.15) is 0 Å². The minimum atomic E-state index is -1.98. The van der Waals surface area contributed by atoms with Gasteiger partial charge in [0.25, 0.3) is 5.85 Å². The molecule has 0 radical (unpaired) electrons. The molecule has 0 aliphatic carbocycles. The van der Waals surface area contributed by atoms with Crippen LogP contribution in [0.15, 0.2) is 28.7 Å². The van der Waals surface area contributed by atoms with Crippen molar-refractivity contribution in [1.82, 2.24) is 0 Å². The van der Waals surface area contributed by atoms with Crippen LogP contribution < -0.4 is 0 Å². The van der Waals surface area contributed by atoms with Crippen molar-refractivity contribution >= 4 is 24.0 Å². The topological polar surface area (TPSA) is 46.5 Å². The Bertz CT molecular complexity index is 328. The van der Waals surface area contributed by atoms with Crippen molar-refractivity contribution in [2.75, 3.05) is 0 Å². The van der Waals surface area contributed by atoms with Gasteiger partial charge in [-0.3, -0.25) is 0 Å². The van der Waals surface area contributed by atoms with E-state index < -0.39 is 13.9 Å². The van der Waals surface area contributed by atoms with E-state index in [4.69, 9.17) is 9.63 Å². The van der Waals surface area contributed by atoms with Crippen LogP contribution in [0.2, 0.25) is 0 Å². The van der Waals surface area contributed by atoms with Crippen LogP contribution in [0.1, 0.15) is 12.5 Å². The van der Waals surface area contributed by atoms with Crippen LogP contribution in [0.3, 0.4) is 0 Å². The summed E-state index contributed by atoms with van der Waals surface area (Å²) in [6.07, 6.45) is 0. The van der Waals surface area contributed by atoms with E-state index in [0.29, 0.717) is 0 Å². The zero-order chi connectivity index (χ0) is 10.6. The second-order valence-corrected chi connectivity index (χ2v) is 5.31. The number of benzene rings is 1. The largest absolute Gasteiger partial charge is 0.540 e. The maximum absolute atomic E-state index is 11.1. The first kappa shape index (κ1) is 11.8. The molecule has 0 fully saturated rings. The normalized spacial score (nSPS) is 13.8. The standard InChI is InChI=1S/C9H11BrO3P/c1-7(11)14(12)13-6-8-3-2-4-9(10)5-8/h2-5,7,11H,6H2,1H3/q+1. The van der Waals surface area contributed by atoms with Crippen LogP contribution in [0.25, 0.3) is 0 Å². The molecule has 0 aromatic heterocycles. The van der Waals surface area contributed by atoms with E-state index in [0.717, 1.165) is 10.0 Å². The van der Waals surface area contributed by atoms with E-state index in [1.54, 1.807) is 0 Å². The molecule has 0 saturated heterocycles. The fourth-order valence-electron chi connectivity index (χ4n) is 0.873. The zero-order valence-electron chi connectivity index (χ0n) is 7.68. The Labute approximate surface area is 92.1 Å². The smallest absolute Gasteiger partial charge is 0.349 e. The van der Waals surface area contributed by atoms with E-state index in [1.807, 2.05) is 24.3 Å². The van der Waals surface area contributed by atoms with Gasteiger partial charge >= 0.3 is 8.03 Å². The first-order valence-corrected chi connectivity index (χ1v) is 6.15. The molecule has 14 heavy (non-hydrogen) atoms. The molecule has 2 atom stereocenters. The Morgan fingerprint density at radius 3 is 2.93 bits per heavy atom. The summed E-state index contributed by atoms with van der Waals surface area (Å²) in [7, 11) is -1.98. The van der Waals surface area contributed by atoms with Crippen LogP contribution >= 0.6 is 24.0 Å². The Morgan fingerprint density at radius 1 is 1.64 bits per heavy atom. The van der Waals surface area contributed by atoms with E-state index in [2.05, 4.69) is 15.9 Å². The first-order valence-electron chi connectivity index (χ1n) is 4.11. The zero-order valence-corrected chi connectivity index (χ0v) is 10.2. The van der Waals surface area contributed by atoms with Gasteiger partial charge in [-0.25, -0.2) is 0 Å². The Hall–Kier alpha value is -0.280. The van der Waals surface area contributed by atoms with Crippen LogP contribution in [0.5, 0.6) is 0 Å². The molecular formula is C9H11BrO3P+. The van der Waals surface area contributed by atoms with Gasteiger partial charge < -0.3 is 5.11 Å². The van der Waals surface area contributed by atoms with Crippen LogP contribution in [0.4, 0.5) is 0 Å². The lowest BCUT2D eigenvalue weighted by molar-refractivity contribution is 0.228. The molecule has 2 unspecified atom stereocenters. The monoisotopic (exact) mass is 277 g/mol. The number of aliphatic hydroxyl groups is 1. The van der Waals surface area contributed by atoms with Crippen molar-refractivity contribution < 1.29 is 14.2 Å². The molecule has 1 aromatic carbocycles. The molecule has 0 spiro atoms. The molecule has 0 amide bonds. The lowest BCUT2D eigenvalue weighted by Crippen LogP contribution is -1.95. The summed E-state index contributed by atoms with van der Waals surface area (Å²) in [5.74, 6) is -0.919. The highest BCUT2D eigenvalue weighted by Gasteiger charge is 2.25. The number of hydrogen-bond acceptors (Lipinski definition) is 3. The maximum Gasteiger partial charge on any atom is 0.540 e. The molecular weight excluding hydrogens is 267 g/mol. The summed E-state index contributed by atoms with van der Waals surface area (Å²) >= 11 is 3.32. The van der Waals surface area contributed by atoms with Crippen molar-refractivity contribution in [3.05, 3.63) is 34.3 Å². The van der Waals surface area contributed by atoms with Gasteiger partial charge in [0.15, 0.2) is 0 Å². The SMILES string of the molecule is CC(O)[P+](=O)OCc1cccc(Br)c1. The average molecular weight is 278 g/mol. The van der Waals surface area contributed by atoms with Gasteiger partial charge in [0, 0.05) is 11.4 Å². The molecule has 1 N–H and O–H groups in total. The molecule has 0 aliphatic rings. The van der Waals surface area contributed by atoms with Crippen LogP contribution in [0, 0.1) is 0 Å². The lowest BCUT2D eigenvalue weighted by Gasteiger charge is -1.96. The number of halogens is 1. The van der Waals surface area contributed by atoms with Crippen molar-refractivity contribution in [1.29, 1.82) is 0 Å². The summed E-state index contributed by atoms with van der Waals surface area (Å²) in [6, 6.07) is 7.53. The molecule has 0 heterocycles. The molecule has 3 nitrogen and oxygen atoms in total. The fourth-order valence-corrected chi connectivity index (χ4v) is 1.81. The summed E-state index contributed by atoms with van der Waals surface area (Å²) in [5.41, 5.74) is 0.920. The molecule has 0 bridgehead atoms. The van der Waals surface area contributed by atoms with Gasteiger partial charge in [0.2, 0.25) is 0 Å². The van der Waals surface area contributed by atoms with Crippen molar-refractivity contribution in [2.45, 2.75) is 19.4 Å². The summed E-state index contributed by atoms with van der Waals surface area (Å²) in [6.45, 7) is 1.69. The van der Waals surface area contributed by atoms with Crippen LogP contribution in [-0.2, 0) is 15.7 Å². The number of hydrogen-bond donors (Lipinski definition) is 1. The minimum absolute atomic E-state index is 0.250. The predicted molar refractivity (Wildman–Crippen MR) is 58.2 cm³/mol. The van der Waals surface area contributed by atoms with Gasteiger partial charge in [-0.1, -0.05) is 28.1 Å². The maximum atomic E-state index is 11.1. The molecule has 0 saturated carbocycles. The van der Waals surface area contributed by atoms with Gasteiger partial charge in [0.1, 0.15) is 6.61 Å². The van der Waals surface area contributed by atoms with E-state index >= 15 is 0 Å². The third-order valence-corrected chi connectivity index (χ3v) is 3.04. The second-order valence-electron chi connectivity index (χ2n) is 2.82. The quantitative estimate of drug-likeness (QED) is 0.861. The number of rotatable bonds is 4. The highest BCUT2D eigenvalue weighted by molar-refractivity contribution is 9.10. The van der Waals surface area contributed by atoms with Crippen molar-refractivity contribution in [2.24, 2.45) is 0 Å². The Balaban J connectivity index is 2.50. The first-order chi connectivity index (χ1) is 6.59. The number of aliphatic hydroxyl groups excluding tert-OH is 1. The van der Waals surface area contributed by atoms with E-state index in [1.165, 1.54) is 6.92 Å². The Kier molecular flexibility index (Phi) is 4.69. The molecule has 5 heteroatoms. The van der Waals surface area contributed by atoms with Gasteiger partial charge in [-0.05, 0) is 22.3 Å². The second kappa shape index (κ2) is 5.56. The fraction of sp³-hybridized carbons (Fsp3) is 0.333. The third-order valence-electron chi connectivity index (χ3n) is 1.55.